The minimum atomic E-state index is -0.632. The summed E-state index contributed by atoms with van der Waals surface area (Å²) in [5, 5.41) is 0.568. The summed E-state index contributed by atoms with van der Waals surface area (Å²) in [4.78, 5) is 28.1. The Morgan fingerprint density at radius 1 is 1.29 bits per heavy atom. The molecule has 4 nitrogen and oxygen atoms in total. The third-order valence-electron chi connectivity index (χ3n) is 3.66. The first-order chi connectivity index (χ1) is 11.5. The Labute approximate surface area is 154 Å². The topological polar surface area (TPSA) is 40.6 Å². The van der Waals surface area contributed by atoms with Crippen molar-refractivity contribution in [1.29, 1.82) is 0 Å². The van der Waals surface area contributed by atoms with Crippen LogP contribution in [-0.4, -0.2) is 27.9 Å². The normalized spacial score (nSPS) is 14.0. The van der Waals surface area contributed by atoms with Crippen LogP contribution in [0.5, 0.6) is 0 Å². The van der Waals surface area contributed by atoms with Gasteiger partial charge in [0, 0.05) is 0 Å². The number of rotatable bonds is 2. The standard InChI is InChI=1S/C17H14ClFIN2O2/c1-2-21(12-8-6-11(18)7-9-12)17(24)22-10-20-14-5-3-4-13(19)15(14)16(22)23/h3-9H,2,10H2,1H3/q-1. The first-order valence-corrected chi connectivity index (χ1v) is 10.3. The van der Waals surface area contributed by atoms with Crippen LogP contribution < -0.4 is 26.1 Å². The van der Waals surface area contributed by atoms with Crippen molar-refractivity contribution in [3.63, 3.8) is 0 Å². The van der Waals surface area contributed by atoms with Crippen molar-refractivity contribution >= 4 is 29.2 Å². The van der Waals surface area contributed by atoms with E-state index in [0.29, 0.717) is 21.8 Å². The van der Waals surface area contributed by atoms with Crippen molar-refractivity contribution in [2.24, 2.45) is 0 Å². The summed E-state index contributed by atoms with van der Waals surface area (Å²) in [6.45, 7) is 2.22. The summed E-state index contributed by atoms with van der Waals surface area (Å²) < 4.78 is 15.1. The fourth-order valence-corrected chi connectivity index (χ4v) is 5.23. The molecule has 0 unspecified atom stereocenters. The molecule has 0 saturated heterocycles. The predicted octanol–water partition coefficient (Wildman–Crippen LogP) is 0.798. The molecule has 7 heteroatoms. The van der Waals surface area contributed by atoms with E-state index in [1.165, 1.54) is 11.0 Å². The van der Waals surface area contributed by atoms with E-state index in [2.05, 4.69) is 0 Å². The molecule has 1 heterocycles. The van der Waals surface area contributed by atoms with E-state index in [1.54, 1.807) is 36.4 Å². The number of nitrogens with zero attached hydrogens (tertiary/aromatic N) is 2. The van der Waals surface area contributed by atoms with Crippen molar-refractivity contribution in [1.82, 2.24) is 4.90 Å². The van der Waals surface area contributed by atoms with E-state index in [-0.39, 0.29) is 5.56 Å². The Kier molecular flexibility index (Phi) is 5.05. The molecule has 0 N–H and O–H groups in total. The van der Waals surface area contributed by atoms with Crippen molar-refractivity contribution in [2.45, 2.75) is 6.92 Å². The molecular weight excluding hydrogens is 446 g/mol. The molecule has 0 fully saturated rings. The Hall–Kier alpha value is -1.67. The zero-order chi connectivity index (χ0) is 17.3. The van der Waals surface area contributed by atoms with Crippen LogP contribution in [0.3, 0.4) is 0 Å². The van der Waals surface area contributed by atoms with Gasteiger partial charge in [-0.25, -0.2) is 0 Å². The van der Waals surface area contributed by atoms with Gasteiger partial charge in [-0.15, -0.1) is 0 Å². The number of carbonyl (C=O) groups excluding carboxylic acids is 2. The molecule has 1 aliphatic rings. The van der Waals surface area contributed by atoms with Gasteiger partial charge in [0.05, 0.1) is 0 Å². The molecule has 0 bridgehead atoms. The molecule has 3 amide bonds. The summed E-state index contributed by atoms with van der Waals surface area (Å²) in [6, 6.07) is 11.0. The van der Waals surface area contributed by atoms with Crippen LogP contribution in [0, 0.1) is 9.39 Å². The number of alkyl halides is 1. The minimum absolute atomic E-state index is 0.0389. The van der Waals surface area contributed by atoms with E-state index < -0.39 is 39.0 Å². The first-order valence-electron chi connectivity index (χ1n) is 7.29. The maximum absolute atomic E-state index is 14.0. The van der Waals surface area contributed by atoms with Gasteiger partial charge < -0.3 is 0 Å². The van der Waals surface area contributed by atoms with Crippen LogP contribution in [0.1, 0.15) is 17.3 Å². The van der Waals surface area contributed by atoms with Crippen LogP contribution in [0.4, 0.5) is 14.9 Å². The van der Waals surface area contributed by atoms with Crippen molar-refractivity contribution < 1.29 is 35.2 Å². The number of imide groups is 1. The van der Waals surface area contributed by atoms with Gasteiger partial charge >= 0.3 is 155 Å². The quantitative estimate of drug-likeness (QED) is 0.379. The molecular formula is C17H14ClFIN2O2-. The SMILES string of the molecule is CCN(C(=O)N1C[I-]c2cccc(F)c2C1=O)c1ccc(Cl)cc1. The van der Waals surface area contributed by atoms with Gasteiger partial charge in [-0.3, -0.25) is 0 Å². The third-order valence-corrected chi connectivity index (χ3v) is 6.66. The summed E-state index contributed by atoms with van der Waals surface area (Å²) in [5.41, 5.74) is 0.689. The molecule has 0 spiro atoms. The van der Waals surface area contributed by atoms with Crippen molar-refractivity contribution in [2.75, 3.05) is 16.0 Å². The summed E-state index contributed by atoms with van der Waals surface area (Å²) in [5.74, 6) is -1.13. The van der Waals surface area contributed by atoms with E-state index in [0.717, 1.165) is 8.47 Å². The number of benzene rings is 2. The number of amides is 3. The Bertz CT molecular complexity index is 798. The number of halogens is 3. The van der Waals surface area contributed by atoms with Gasteiger partial charge in [-0.2, -0.15) is 0 Å². The molecule has 0 aromatic heterocycles. The van der Waals surface area contributed by atoms with Crippen LogP contribution in [0.25, 0.3) is 0 Å². The number of urea groups is 1. The molecule has 1 aliphatic heterocycles. The predicted molar refractivity (Wildman–Crippen MR) is 86.0 cm³/mol. The third kappa shape index (κ3) is 3.12. The van der Waals surface area contributed by atoms with Crippen LogP contribution in [0.15, 0.2) is 42.5 Å². The first kappa shape index (κ1) is 17.2. The van der Waals surface area contributed by atoms with Crippen LogP contribution >= 0.6 is 11.6 Å². The van der Waals surface area contributed by atoms with Crippen LogP contribution in [-0.2, 0) is 0 Å². The van der Waals surface area contributed by atoms with Gasteiger partial charge in [0.1, 0.15) is 0 Å². The van der Waals surface area contributed by atoms with Gasteiger partial charge in [0.15, 0.2) is 0 Å². The number of fused-ring (bicyclic) bond motifs is 1. The Morgan fingerprint density at radius 3 is 2.67 bits per heavy atom. The van der Waals surface area contributed by atoms with Gasteiger partial charge in [-0.05, 0) is 0 Å². The fourth-order valence-electron chi connectivity index (χ4n) is 2.46. The molecule has 0 atom stereocenters. The molecule has 0 radical (unpaired) electrons. The monoisotopic (exact) mass is 459 g/mol. The van der Waals surface area contributed by atoms with Crippen molar-refractivity contribution in [3.8, 4) is 0 Å². The molecule has 2 aromatic carbocycles. The zero-order valence-corrected chi connectivity index (χ0v) is 15.7. The van der Waals surface area contributed by atoms with E-state index in [9.17, 15) is 14.0 Å². The van der Waals surface area contributed by atoms with E-state index in [1.807, 2.05) is 6.92 Å². The second-order valence-electron chi connectivity index (χ2n) is 5.09. The Morgan fingerprint density at radius 2 is 2.00 bits per heavy atom. The molecule has 3 rings (SSSR count). The maximum atomic E-state index is 14.0. The average molecular weight is 460 g/mol. The van der Waals surface area contributed by atoms with E-state index >= 15 is 0 Å². The number of anilines is 1. The second-order valence-corrected chi connectivity index (χ2v) is 8.13. The Balaban J connectivity index is 1.91. The molecule has 24 heavy (non-hydrogen) atoms. The summed E-state index contributed by atoms with van der Waals surface area (Å²) in [6.07, 6.45) is 0. The van der Waals surface area contributed by atoms with E-state index in [4.69, 9.17) is 11.6 Å². The number of carbonyl (C=O) groups is 2. The van der Waals surface area contributed by atoms with Gasteiger partial charge in [-0.1, -0.05) is 0 Å². The summed E-state index contributed by atoms with van der Waals surface area (Å²) >= 11 is 5.25. The molecule has 0 saturated carbocycles. The number of hydrogen-bond donors (Lipinski definition) is 0. The van der Waals surface area contributed by atoms with Gasteiger partial charge in [0.25, 0.3) is 0 Å². The molecule has 126 valence electrons. The fraction of sp³-hybridized carbons (Fsp3) is 0.176. The summed E-state index contributed by atoms with van der Waals surface area (Å²) in [7, 11) is 0. The van der Waals surface area contributed by atoms with Crippen LogP contribution in [0.2, 0.25) is 5.02 Å². The molecule has 0 aliphatic carbocycles. The average Bonchev–Trinajstić information content (AvgIpc) is 2.57. The molecule has 2 aromatic rings. The second kappa shape index (κ2) is 7.06. The van der Waals surface area contributed by atoms with Gasteiger partial charge in [0.2, 0.25) is 0 Å². The number of hydrogen-bond acceptors (Lipinski definition) is 2. The van der Waals surface area contributed by atoms with Crippen molar-refractivity contribution in [3.05, 3.63) is 62.4 Å². The zero-order valence-electron chi connectivity index (χ0n) is 12.8.